The number of hydrogen-bond donors (Lipinski definition) is 3. The van der Waals surface area contributed by atoms with E-state index in [1.165, 1.54) is 4.90 Å². The van der Waals surface area contributed by atoms with Crippen LogP contribution in [0.4, 0.5) is 0 Å². The van der Waals surface area contributed by atoms with Crippen molar-refractivity contribution >= 4 is 5.96 Å². The van der Waals surface area contributed by atoms with Gasteiger partial charge in [0.05, 0.1) is 0 Å². The highest BCUT2D eigenvalue weighted by Gasteiger charge is 2.24. The van der Waals surface area contributed by atoms with E-state index in [9.17, 15) is 5.11 Å². The lowest BCUT2D eigenvalue weighted by atomic mass is 9.99. The third-order valence-corrected chi connectivity index (χ3v) is 2.53. The Bertz CT molecular complexity index is 364. The van der Waals surface area contributed by atoms with E-state index in [4.69, 9.17) is 11.1 Å². The number of rotatable bonds is 0. The summed E-state index contributed by atoms with van der Waals surface area (Å²) in [7, 11) is 0. The highest BCUT2D eigenvalue weighted by Crippen LogP contribution is 2.21. The summed E-state index contributed by atoms with van der Waals surface area (Å²) in [4.78, 5) is 1.49. The molecule has 1 unspecified atom stereocenters. The smallest absolute Gasteiger partial charge is 0.190 e. The molecule has 1 atom stereocenters. The molecule has 0 aliphatic carbocycles. The van der Waals surface area contributed by atoms with Gasteiger partial charge in [-0.15, -0.1) is 0 Å². The second-order valence-electron chi connectivity index (χ2n) is 3.47. The quantitative estimate of drug-likeness (QED) is 0.406. The van der Waals surface area contributed by atoms with Gasteiger partial charge in [-0.25, -0.2) is 0 Å². The maximum atomic E-state index is 9.69. The Kier molecular flexibility index (Phi) is 2.13. The SMILES string of the molecule is N=C(N)N1Cc2ccccc2CC1O. The second-order valence-corrected chi connectivity index (χ2v) is 3.47. The molecule has 1 aliphatic heterocycles. The molecule has 1 heterocycles. The van der Waals surface area contributed by atoms with Gasteiger partial charge in [-0.1, -0.05) is 24.3 Å². The van der Waals surface area contributed by atoms with Crippen molar-refractivity contribution in [2.24, 2.45) is 5.73 Å². The van der Waals surface area contributed by atoms with Gasteiger partial charge in [-0.05, 0) is 11.1 Å². The van der Waals surface area contributed by atoms with Crippen molar-refractivity contribution in [2.45, 2.75) is 19.2 Å². The van der Waals surface area contributed by atoms with Crippen LogP contribution in [0.2, 0.25) is 0 Å². The van der Waals surface area contributed by atoms with Crippen LogP contribution < -0.4 is 5.73 Å². The zero-order valence-corrected chi connectivity index (χ0v) is 7.77. The lowest BCUT2D eigenvalue weighted by Gasteiger charge is -2.33. The fourth-order valence-electron chi connectivity index (χ4n) is 1.75. The summed E-state index contributed by atoms with van der Waals surface area (Å²) < 4.78 is 0. The minimum absolute atomic E-state index is 0.0768. The summed E-state index contributed by atoms with van der Waals surface area (Å²) in [6.07, 6.45) is -0.127. The van der Waals surface area contributed by atoms with Gasteiger partial charge < -0.3 is 15.7 Å². The molecule has 4 nitrogen and oxygen atoms in total. The molecule has 1 aromatic carbocycles. The summed E-state index contributed by atoms with van der Waals surface area (Å²) >= 11 is 0. The predicted octanol–water partition coefficient (Wildman–Crippen LogP) is 0.257. The van der Waals surface area contributed by atoms with Gasteiger partial charge in [0.25, 0.3) is 0 Å². The van der Waals surface area contributed by atoms with Crippen molar-refractivity contribution in [1.82, 2.24) is 4.90 Å². The molecule has 0 aromatic heterocycles. The van der Waals surface area contributed by atoms with Gasteiger partial charge in [0, 0.05) is 13.0 Å². The molecule has 4 heteroatoms. The monoisotopic (exact) mass is 191 g/mol. The average Bonchev–Trinajstić information content (AvgIpc) is 2.16. The molecule has 0 radical (unpaired) electrons. The van der Waals surface area contributed by atoms with E-state index < -0.39 is 6.23 Å². The third-order valence-electron chi connectivity index (χ3n) is 2.53. The Labute approximate surface area is 82.5 Å². The highest BCUT2D eigenvalue weighted by atomic mass is 16.3. The largest absolute Gasteiger partial charge is 0.373 e. The Hall–Kier alpha value is -1.55. The van der Waals surface area contributed by atoms with Crippen LogP contribution in [0.15, 0.2) is 24.3 Å². The van der Waals surface area contributed by atoms with Crippen molar-refractivity contribution in [3.8, 4) is 0 Å². The molecule has 74 valence electrons. The second kappa shape index (κ2) is 3.31. The molecule has 0 amide bonds. The molecule has 1 aromatic rings. The number of nitrogens with one attached hydrogen (secondary N) is 1. The van der Waals surface area contributed by atoms with Gasteiger partial charge >= 0.3 is 0 Å². The van der Waals surface area contributed by atoms with Crippen LogP contribution >= 0.6 is 0 Å². The van der Waals surface area contributed by atoms with Crippen molar-refractivity contribution < 1.29 is 5.11 Å². The number of aliphatic hydroxyl groups is 1. The summed E-state index contributed by atoms with van der Waals surface area (Å²) in [6, 6.07) is 7.90. The van der Waals surface area contributed by atoms with Crippen LogP contribution in [0.25, 0.3) is 0 Å². The number of aliphatic hydroxyl groups excluding tert-OH is 1. The zero-order chi connectivity index (χ0) is 10.1. The minimum Gasteiger partial charge on any atom is -0.373 e. The van der Waals surface area contributed by atoms with Crippen molar-refractivity contribution in [3.05, 3.63) is 35.4 Å². The Morgan fingerprint density at radius 3 is 2.71 bits per heavy atom. The van der Waals surface area contributed by atoms with Crippen molar-refractivity contribution in [2.75, 3.05) is 0 Å². The molecule has 1 aliphatic rings. The van der Waals surface area contributed by atoms with Crippen molar-refractivity contribution in [3.63, 3.8) is 0 Å². The fourth-order valence-corrected chi connectivity index (χ4v) is 1.75. The van der Waals surface area contributed by atoms with E-state index in [0.717, 1.165) is 11.1 Å². The van der Waals surface area contributed by atoms with Crippen LogP contribution in [-0.4, -0.2) is 22.2 Å². The van der Waals surface area contributed by atoms with E-state index in [0.29, 0.717) is 13.0 Å². The van der Waals surface area contributed by atoms with E-state index in [1.54, 1.807) is 0 Å². The molecule has 2 rings (SSSR count). The number of benzene rings is 1. The average molecular weight is 191 g/mol. The van der Waals surface area contributed by atoms with E-state index in [1.807, 2.05) is 24.3 Å². The first-order chi connectivity index (χ1) is 6.68. The molecule has 4 N–H and O–H groups in total. The van der Waals surface area contributed by atoms with E-state index >= 15 is 0 Å². The van der Waals surface area contributed by atoms with Gasteiger partial charge in [-0.2, -0.15) is 0 Å². The topological polar surface area (TPSA) is 73.3 Å². The molecule has 14 heavy (non-hydrogen) atoms. The lowest BCUT2D eigenvalue weighted by molar-refractivity contribution is 0.0389. The number of fused-ring (bicyclic) bond motifs is 1. The Morgan fingerprint density at radius 1 is 1.43 bits per heavy atom. The number of hydrogen-bond acceptors (Lipinski definition) is 2. The number of guanidine groups is 1. The molecule has 0 fully saturated rings. The third kappa shape index (κ3) is 1.44. The highest BCUT2D eigenvalue weighted by molar-refractivity contribution is 5.75. The summed E-state index contributed by atoms with van der Waals surface area (Å²) in [5, 5.41) is 17.0. The molecule has 0 spiro atoms. The lowest BCUT2D eigenvalue weighted by Crippen LogP contribution is -2.47. The first kappa shape index (κ1) is 9.02. The van der Waals surface area contributed by atoms with E-state index in [2.05, 4.69) is 0 Å². The summed E-state index contributed by atoms with van der Waals surface area (Å²) in [6.45, 7) is 0.521. The summed E-state index contributed by atoms with van der Waals surface area (Å²) in [5.74, 6) is -0.0768. The minimum atomic E-state index is -0.664. The standard InChI is InChI=1S/C10H13N3O/c11-10(12)13-6-8-4-2-1-3-7(8)5-9(13)14/h1-4,9,14H,5-6H2,(H3,11,12). The summed E-state index contributed by atoms with van der Waals surface area (Å²) in [5.41, 5.74) is 7.63. The van der Waals surface area contributed by atoms with Gasteiger partial charge in [0.2, 0.25) is 0 Å². The van der Waals surface area contributed by atoms with Crippen molar-refractivity contribution in [1.29, 1.82) is 5.41 Å². The molecule has 0 saturated heterocycles. The van der Waals surface area contributed by atoms with Crippen LogP contribution in [-0.2, 0) is 13.0 Å². The van der Waals surface area contributed by atoms with Crippen LogP contribution in [0, 0.1) is 5.41 Å². The normalized spacial score (nSPS) is 20.4. The Balaban J connectivity index is 2.31. The van der Waals surface area contributed by atoms with Gasteiger partial charge in [0.1, 0.15) is 6.23 Å². The van der Waals surface area contributed by atoms with E-state index in [-0.39, 0.29) is 5.96 Å². The van der Waals surface area contributed by atoms with Crippen LogP contribution in [0.1, 0.15) is 11.1 Å². The molecular weight excluding hydrogens is 178 g/mol. The molecule has 0 saturated carbocycles. The van der Waals surface area contributed by atoms with Crippen LogP contribution in [0.3, 0.4) is 0 Å². The van der Waals surface area contributed by atoms with Gasteiger partial charge in [0.15, 0.2) is 5.96 Å². The first-order valence-corrected chi connectivity index (χ1v) is 4.54. The molecule has 0 bridgehead atoms. The zero-order valence-electron chi connectivity index (χ0n) is 7.77. The number of nitrogens with zero attached hydrogens (tertiary/aromatic N) is 1. The van der Waals surface area contributed by atoms with Gasteiger partial charge in [-0.3, -0.25) is 5.41 Å². The maximum Gasteiger partial charge on any atom is 0.190 e. The predicted molar refractivity (Wildman–Crippen MR) is 53.6 cm³/mol. The first-order valence-electron chi connectivity index (χ1n) is 4.54. The molecular formula is C10H13N3O. The Morgan fingerprint density at radius 2 is 2.07 bits per heavy atom. The maximum absolute atomic E-state index is 9.69. The van der Waals surface area contributed by atoms with Crippen LogP contribution in [0.5, 0.6) is 0 Å². The fraction of sp³-hybridized carbons (Fsp3) is 0.300. The number of nitrogens with two attached hydrogens (primary N) is 1.